The van der Waals surface area contributed by atoms with Crippen LogP contribution < -0.4 is 0 Å². The maximum atomic E-state index is 13.0. The second-order valence-electron chi connectivity index (χ2n) is 13.1. The Morgan fingerprint density at radius 1 is 0.564 bits per heavy atom. The van der Waals surface area contributed by atoms with Gasteiger partial charge in [0.2, 0.25) is 19.7 Å². The molecule has 2 N–H and O–H groups in total. The number of aryl methyl sites for hydroxylation is 1. The lowest BCUT2D eigenvalue weighted by atomic mass is 10.1. The van der Waals surface area contributed by atoms with Gasteiger partial charge in [0.1, 0.15) is 0 Å². The molecule has 5 aromatic carbocycles. The molecule has 55 heavy (non-hydrogen) atoms. The molecule has 0 amide bonds. The fourth-order valence-corrected chi connectivity index (χ4v) is 9.68. The molecule has 2 heterocycles. The summed E-state index contributed by atoms with van der Waals surface area (Å²) in [7, 11) is -6.99. The van der Waals surface area contributed by atoms with E-state index in [1.54, 1.807) is 85.1 Å². The lowest BCUT2D eigenvalue weighted by molar-refractivity contribution is 0.322. The summed E-state index contributed by atoms with van der Waals surface area (Å²) in [5, 5.41) is 1.31. The first-order chi connectivity index (χ1) is 25.8. The number of hydrogen-bond donors (Lipinski definition) is 2. The smallest absolute Gasteiger partial charge is 0.296 e. The number of likely N-dealkylation sites (N-methyl/N-ethyl adjacent to an activating group) is 1. The van der Waals surface area contributed by atoms with Crippen molar-refractivity contribution in [3.8, 4) is 0 Å². The quantitative estimate of drug-likeness (QED) is 0.119. The summed E-state index contributed by atoms with van der Waals surface area (Å²) < 4.78 is 81.6. The monoisotopic (exact) mass is 819 g/mol. The largest absolute Gasteiger partial charge is 0.360 e. The predicted molar refractivity (Wildman–Crippen MR) is 218 cm³/mol. The molecule has 288 valence electrons. The van der Waals surface area contributed by atoms with Crippen LogP contribution in [0.2, 0.25) is 0 Å². The number of hydrogen-bond acceptors (Lipinski definition) is 8. The second kappa shape index (κ2) is 17.4. The molecular weight excluding hydrogens is 778 g/mol. The first-order valence-electron chi connectivity index (χ1n) is 17.2. The Morgan fingerprint density at radius 3 is 1.47 bits per heavy atom. The van der Waals surface area contributed by atoms with E-state index in [1.165, 1.54) is 18.3 Å². The number of aromatic amines is 2. The highest BCUT2D eigenvalue weighted by Crippen LogP contribution is 2.30. The number of benzene rings is 5. The zero-order valence-electron chi connectivity index (χ0n) is 30.5. The van der Waals surface area contributed by atoms with Gasteiger partial charge in [0, 0.05) is 40.7 Å². The number of sulfone groups is 2. The van der Waals surface area contributed by atoms with Crippen LogP contribution in [0, 0.1) is 6.92 Å². The molecule has 0 bridgehead atoms. The van der Waals surface area contributed by atoms with Crippen molar-refractivity contribution in [1.82, 2.24) is 14.9 Å². The minimum Gasteiger partial charge on any atom is -0.360 e. The van der Waals surface area contributed by atoms with Gasteiger partial charge in [0.05, 0.1) is 31.1 Å². The standard InChI is InChI=1S/C23H21NO5S2.C18H20N2O2S.ClH/c1-17-7-10-20(11-8-17)31(27,28)29-14-13-18-9-12-22-21(15-18)23(16-24-22)30(25,26)19-5-3-2-4-6-19;1-20(2)11-10-14-8-9-17-16(12-14)18(13-19-17)23(21,22)15-6-4-3-5-7-15;/h2-12,15-16,24H,13-14H2,1H3;3-9,12-13,19H,10-11H2,1-2H3;1H. The molecule has 0 spiro atoms. The van der Waals surface area contributed by atoms with Gasteiger partial charge in [0.15, 0.2) is 0 Å². The van der Waals surface area contributed by atoms with Crippen molar-refractivity contribution in [2.24, 2.45) is 0 Å². The molecule has 0 aliphatic rings. The van der Waals surface area contributed by atoms with Gasteiger partial charge in [-0.25, -0.2) is 16.8 Å². The molecule has 0 radical (unpaired) electrons. The average molecular weight is 820 g/mol. The highest BCUT2D eigenvalue weighted by atomic mass is 35.5. The minimum absolute atomic E-state index is 0. The van der Waals surface area contributed by atoms with Gasteiger partial charge >= 0.3 is 0 Å². The van der Waals surface area contributed by atoms with E-state index in [1.807, 2.05) is 51.4 Å². The first kappa shape index (κ1) is 41.4. The van der Waals surface area contributed by atoms with Gasteiger partial charge in [-0.2, -0.15) is 8.42 Å². The third-order valence-corrected chi connectivity index (χ3v) is 13.8. The zero-order chi connectivity index (χ0) is 38.5. The highest BCUT2D eigenvalue weighted by Gasteiger charge is 2.23. The van der Waals surface area contributed by atoms with Crippen LogP contribution in [0.3, 0.4) is 0 Å². The van der Waals surface area contributed by atoms with Crippen LogP contribution in [0.25, 0.3) is 21.8 Å². The maximum Gasteiger partial charge on any atom is 0.296 e. The fraction of sp³-hybridized carbons (Fsp3) is 0.171. The number of rotatable bonds is 12. The molecule has 10 nitrogen and oxygen atoms in total. The van der Waals surface area contributed by atoms with E-state index in [2.05, 4.69) is 14.9 Å². The summed E-state index contributed by atoms with van der Waals surface area (Å²) in [6.07, 6.45) is 4.27. The van der Waals surface area contributed by atoms with Gasteiger partial charge in [-0.1, -0.05) is 66.2 Å². The molecular formula is C41H42ClN3O7S3. The first-order valence-corrected chi connectivity index (χ1v) is 21.5. The third-order valence-electron chi connectivity index (χ3n) is 8.89. The lowest BCUT2D eigenvalue weighted by Gasteiger charge is -2.09. The van der Waals surface area contributed by atoms with E-state index in [4.69, 9.17) is 4.18 Å². The van der Waals surface area contributed by atoms with Crippen molar-refractivity contribution in [3.63, 3.8) is 0 Å². The van der Waals surface area contributed by atoms with Crippen molar-refractivity contribution >= 4 is 64.0 Å². The summed E-state index contributed by atoms with van der Waals surface area (Å²) in [4.78, 5) is 9.34. The van der Waals surface area contributed by atoms with Gasteiger partial charge in [0.25, 0.3) is 10.1 Å². The van der Waals surface area contributed by atoms with E-state index in [9.17, 15) is 25.3 Å². The van der Waals surface area contributed by atoms with Crippen LogP contribution in [0.15, 0.2) is 158 Å². The molecule has 7 rings (SSSR count). The highest BCUT2D eigenvalue weighted by molar-refractivity contribution is 7.92. The number of nitrogens with zero attached hydrogens (tertiary/aromatic N) is 1. The molecule has 0 fully saturated rings. The Balaban J connectivity index is 0.000000216. The molecule has 0 unspecified atom stereocenters. The van der Waals surface area contributed by atoms with Crippen LogP contribution in [0.1, 0.15) is 16.7 Å². The minimum atomic E-state index is -3.85. The normalized spacial score (nSPS) is 12.0. The average Bonchev–Trinajstić information content (AvgIpc) is 3.80. The Bertz CT molecular complexity index is 2710. The Kier molecular flexibility index (Phi) is 13.1. The number of H-pyrrole nitrogens is 2. The number of aromatic nitrogens is 2. The van der Waals surface area contributed by atoms with Crippen LogP contribution in [-0.4, -0.2) is 67.4 Å². The summed E-state index contributed by atoms with van der Waals surface area (Å²) in [6.45, 7) is 2.75. The molecule has 0 aliphatic carbocycles. The van der Waals surface area contributed by atoms with Crippen molar-refractivity contribution in [3.05, 3.63) is 150 Å². The molecule has 0 saturated carbocycles. The maximum absolute atomic E-state index is 13.0. The second-order valence-corrected chi connectivity index (χ2v) is 18.5. The summed E-state index contributed by atoms with van der Waals surface area (Å²) >= 11 is 0. The van der Waals surface area contributed by atoms with E-state index in [0.717, 1.165) is 40.6 Å². The SMILES string of the molecule is CN(C)CCc1ccc2[nH]cc(S(=O)(=O)c3ccccc3)c2c1.Cc1ccc(S(=O)(=O)OCCc2ccc3[nH]cc(S(=O)(=O)c4ccccc4)c3c2)cc1.Cl. The number of nitrogens with one attached hydrogen (secondary N) is 2. The fourth-order valence-electron chi connectivity index (χ4n) is 5.89. The lowest BCUT2D eigenvalue weighted by Crippen LogP contribution is -2.14. The van der Waals surface area contributed by atoms with Crippen LogP contribution in [0.4, 0.5) is 0 Å². The van der Waals surface area contributed by atoms with E-state index < -0.39 is 29.8 Å². The Morgan fingerprint density at radius 2 is 1.02 bits per heavy atom. The molecule has 0 saturated heterocycles. The predicted octanol–water partition coefficient (Wildman–Crippen LogP) is 7.78. The van der Waals surface area contributed by atoms with Crippen molar-refractivity contribution in [2.45, 2.75) is 44.2 Å². The summed E-state index contributed by atoms with van der Waals surface area (Å²) in [5.41, 5.74) is 4.39. The van der Waals surface area contributed by atoms with Crippen molar-refractivity contribution in [1.29, 1.82) is 0 Å². The van der Waals surface area contributed by atoms with Gasteiger partial charge in [-0.3, -0.25) is 4.18 Å². The van der Waals surface area contributed by atoms with Crippen LogP contribution in [-0.2, 0) is 46.8 Å². The molecule has 0 aliphatic heterocycles. The zero-order valence-corrected chi connectivity index (χ0v) is 33.7. The topological polar surface area (TPSA) is 146 Å². The van der Waals surface area contributed by atoms with E-state index in [-0.39, 0.29) is 33.7 Å². The van der Waals surface area contributed by atoms with Gasteiger partial charge < -0.3 is 14.9 Å². The van der Waals surface area contributed by atoms with Crippen molar-refractivity contribution < 1.29 is 29.4 Å². The van der Waals surface area contributed by atoms with Gasteiger partial charge in [-0.05, 0) is 106 Å². The Hall–Kier alpha value is -4.76. The van der Waals surface area contributed by atoms with Crippen molar-refractivity contribution in [2.75, 3.05) is 27.2 Å². The molecule has 0 atom stereocenters. The summed E-state index contributed by atoms with van der Waals surface area (Å²) in [5.74, 6) is 0. The van der Waals surface area contributed by atoms with Crippen LogP contribution in [0.5, 0.6) is 0 Å². The van der Waals surface area contributed by atoms with E-state index >= 15 is 0 Å². The van der Waals surface area contributed by atoms with Gasteiger partial charge in [-0.15, -0.1) is 12.4 Å². The molecule has 14 heteroatoms. The number of halogens is 1. The van der Waals surface area contributed by atoms with E-state index in [0.29, 0.717) is 27.1 Å². The number of fused-ring (bicyclic) bond motifs is 2. The third kappa shape index (κ3) is 9.55. The van der Waals surface area contributed by atoms with Crippen LogP contribution >= 0.6 is 12.4 Å². The molecule has 7 aromatic rings. The molecule has 2 aromatic heterocycles. The summed E-state index contributed by atoms with van der Waals surface area (Å²) in [6, 6.07) is 34.6. The Labute approximate surface area is 328 Å².